The molecule has 0 saturated carbocycles. The molecule has 0 spiro atoms. The zero-order chi connectivity index (χ0) is 21.3. The van der Waals surface area contributed by atoms with E-state index in [1.54, 1.807) is 51.1 Å². The van der Waals surface area contributed by atoms with Crippen LogP contribution in [0.2, 0.25) is 0 Å². The van der Waals surface area contributed by atoms with Crippen LogP contribution in [0, 0.1) is 0 Å². The molecular weight excluding hydrogens is 370 g/mol. The van der Waals surface area contributed by atoms with Crippen LogP contribution in [0.1, 0.15) is 55.6 Å². The van der Waals surface area contributed by atoms with Gasteiger partial charge in [0, 0.05) is 6.42 Å². The average Bonchev–Trinajstić information content (AvgIpc) is 2.69. The van der Waals surface area contributed by atoms with Crippen LogP contribution in [0.25, 0.3) is 0 Å². The summed E-state index contributed by atoms with van der Waals surface area (Å²) in [5.74, 6) is -0.520. The minimum Gasteiger partial charge on any atom is -0.456 e. The number of ether oxygens (including phenoxy) is 2. The Balaban J connectivity index is 2.29. The first-order chi connectivity index (χ1) is 13.8. The molecule has 1 amide bonds. The second-order valence-corrected chi connectivity index (χ2v) is 7.59. The average molecular weight is 397 g/mol. The van der Waals surface area contributed by atoms with Crippen molar-refractivity contribution in [3.63, 3.8) is 0 Å². The molecule has 0 aliphatic carbocycles. The molecule has 0 saturated heterocycles. The normalized spacial score (nSPS) is 13.1. The predicted octanol–water partition coefficient (Wildman–Crippen LogP) is 4.46. The highest BCUT2D eigenvalue weighted by atomic mass is 16.6. The molecule has 6 nitrogen and oxygen atoms in total. The Kier molecular flexibility index (Phi) is 7.95. The Morgan fingerprint density at radius 3 is 2.14 bits per heavy atom. The molecule has 2 aromatic rings. The number of amides is 1. The maximum Gasteiger partial charge on any atom is 0.408 e. The van der Waals surface area contributed by atoms with Crippen LogP contribution in [0.3, 0.4) is 0 Å². The molecule has 1 N–H and O–H groups in total. The number of esters is 1. The molecule has 29 heavy (non-hydrogen) atoms. The monoisotopic (exact) mass is 397 g/mol. The van der Waals surface area contributed by atoms with Gasteiger partial charge in [-0.3, -0.25) is 0 Å². The lowest BCUT2D eigenvalue weighted by molar-refractivity contribution is -0.108. The van der Waals surface area contributed by atoms with E-state index in [-0.39, 0.29) is 12.8 Å². The summed E-state index contributed by atoms with van der Waals surface area (Å²) >= 11 is 0. The number of hydrogen-bond acceptors (Lipinski definition) is 5. The lowest BCUT2D eigenvalue weighted by Crippen LogP contribution is -2.41. The molecule has 0 aliphatic heterocycles. The molecule has 0 bridgehead atoms. The van der Waals surface area contributed by atoms with Gasteiger partial charge in [-0.25, -0.2) is 9.59 Å². The van der Waals surface area contributed by atoms with E-state index < -0.39 is 29.8 Å². The Labute approximate surface area is 171 Å². The predicted molar refractivity (Wildman–Crippen MR) is 109 cm³/mol. The SMILES string of the molecule is CC(C)(C)OC(=O)N[C@@H](c1ccccc1)[C@H](CCC=O)OC(=O)c1ccccc1. The molecule has 0 heterocycles. The van der Waals surface area contributed by atoms with Gasteiger partial charge in [0.15, 0.2) is 0 Å². The highest BCUT2D eigenvalue weighted by molar-refractivity contribution is 5.89. The summed E-state index contributed by atoms with van der Waals surface area (Å²) in [6, 6.07) is 17.1. The van der Waals surface area contributed by atoms with E-state index in [2.05, 4.69) is 5.32 Å². The van der Waals surface area contributed by atoms with Crippen LogP contribution >= 0.6 is 0 Å². The minimum absolute atomic E-state index is 0.187. The van der Waals surface area contributed by atoms with Crippen molar-refractivity contribution in [2.24, 2.45) is 0 Å². The summed E-state index contributed by atoms with van der Waals surface area (Å²) in [6.07, 6.45) is -0.163. The summed E-state index contributed by atoms with van der Waals surface area (Å²) < 4.78 is 11.1. The van der Waals surface area contributed by atoms with Crippen molar-refractivity contribution in [2.45, 2.75) is 51.4 Å². The number of hydrogen-bond donors (Lipinski definition) is 1. The second-order valence-electron chi connectivity index (χ2n) is 7.59. The number of benzene rings is 2. The third kappa shape index (κ3) is 7.41. The molecular formula is C23H27NO5. The quantitative estimate of drug-likeness (QED) is 0.525. The number of aldehydes is 1. The van der Waals surface area contributed by atoms with Gasteiger partial charge >= 0.3 is 12.1 Å². The van der Waals surface area contributed by atoms with Crippen molar-refractivity contribution in [3.8, 4) is 0 Å². The maximum absolute atomic E-state index is 12.6. The Morgan fingerprint density at radius 1 is 1.00 bits per heavy atom. The van der Waals surface area contributed by atoms with E-state index in [1.165, 1.54) is 0 Å². The third-order valence-electron chi connectivity index (χ3n) is 4.04. The molecule has 0 unspecified atom stereocenters. The van der Waals surface area contributed by atoms with E-state index in [4.69, 9.17) is 9.47 Å². The molecule has 154 valence electrons. The van der Waals surface area contributed by atoms with Gasteiger partial charge in [0.1, 0.15) is 18.0 Å². The Hall–Kier alpha value is -3.15. The van der Waals surface area contributed by atoms with Gasteiger partial charge < -0.3 is 19.6 Å². The van der Waals surface area contributed by atoms with E-state index in [9.17, 15) is 14.4 Å². The molecule has 2 rings (SSSR count). The first kappa shape index (κ1) is 22.1. The number of alkyl carbamates (subject to hydrolysis) is 1. The fraction of sp³-hybridized carbons (Fsp3) is 0.348. The van der Waals surface area contributed by atoms with Gasteiger partial charge in [0.25, 0.3) is 0 Å². The van der Waals surface area contributed by atoms with Crippen LogP contribution < -0.4 is 5.32 Å². The Morgan fingerprint density at radius 2 is 1.59 bits per heavy atom. The highest BCUT2D eigenvalue weighted by Gasteiger charge is 2.30. The van der Waals surface area contributed by atoms with E-state index in [0.717, 1.165) is 11.8 Å². The zero-order valence-electron chi connectivity index (χ0n) is 17.0. The third-order valence-corrected chi connectivity index (χ3v) is 4.04. The summed E-state index contributed by atoms with van der Waals surface area (Å²) in [4.78, 5) is 36.0. The first-order valence-electron chi connectivity index (χ1n) is 9.54. The molecule has 2 atom stereocenters. The van der Waals surface area contributed by atoms with Gasteiger partial charge in [-0.15, -0.1) is 0 Å². The van der Waals surface area contributed by atoms with Crippen LogP contribution in [-0.4, -0.2) is 30.1 Å². The van der Waals surface area contributed by atoms with Crippen LogP contribution in [0.15, 0.2) is 60.7 Å². The Bertz CT molecular complexity index is 799. The number of carbonyl (C=O) groups excluding carboxylic acids is 3. The fourth-order valence-electron chi connectivity index (χ4n) is 2.79. The minimum atomic E-state index is -0.747. The fourth-order valence-corrected chi connectivity index (χ4v) is 2.79. The van der Waals surface area contributed by atoms with Crippen LogP contribution in [-0.2, 0) is 14.3 Å². The van der Waals surface area contributed by atoms with Crippen molar-refractivity contribution in [1.29, 1.82) is 0 Å². The van der Waals surface area contributed by atoms with Crippen molar-refractivity contribution < 1.29 is 23.9 Å². The van der Waals surface area contributed by atoms with Crippen LogP contribution in [0.5, 0.6) is 0 Å². The van der Waals surface area contributed by atoms with Crippen molar-refractivity contribution in [1.82, 2.24) is 5.32 Å². The van der Waals surface area contributed by atoms with Crippen molar-refractivity contribution >= 4 is 18.3 Å². The number of carbonyl (C=O) groups is 3. The molecule has 6 heteroatoms. The molecule has 0 fully saturated rings. The van der Waals surface area contributed by atoms with Gasteiger partial charge in [0.2, 0.25) is 0 Å². The van der Waals surface area contributed by atoms with Crippen molar-refractivity contribution in [2.75, 3.05) is 0 Å². The molecule has 0 radical (unpaired) electrons. The van der Waals surface area contributed by atoms with Gasteiger partial charge in [0.05, 0.1) is 11.6 Å². The summed E-state index contributed by atoms with van der Waals surface area (Å²) in [5, 5.41) is 2.80. The smallest absolute Gasteiger partial charge is 0.408 e. The summed E-state index contributed by atoms with van der Waals surface area (Å²) in [5.41, 5.74) is 0.465. The lowest BCUT2D eigenvalue weighted by atomic mass is 9.98. The van der Waals surface area contributed by atoms with Gasteiger partial charge in [-0.1, -0.05) is 48.5 Å². The number of rotatable bonds is 8. The number of nitrogens with one attached hydrogen (secondary N) is 1. The van der Waals surface area contributed by atoms with Gasteiger partial charge in [-0.2, -0.15) is 0 Å². The summed E-state index contributed by atoms with van der Waals surface area (Å²) in [6.45, 7) is 5.30. The van der Waals surface area contributed by atoms with E-state index in [1.807, 2.05) is 30.3 Å². The first-order valence-corrected chi connectivity index (χ1v) is 9.54. The molecule has 0 aromatic heterocycles. The highest BCUT2D eigenvalue weighted by Crippen LogP contribution is 2.24. The second kappa shape index (κ2) is 10.4. The lowest BCUT2D eigenvalue weighted by Gasteiger charge is -2.29. The molecule has 2 aromatic carbocycles. The van der Waals surface area contributed by atoms with Crippen LogP contribution in [0.4, 0.5) is 4.79 Å². The topological polar surface area (TPSA) is 81.7 Å². The summed E-state index contributed by atoms with van der Waals surface area (Å²) in [7, 11) is 0. The molecule has 0 aliphatic rings. The van der Waals surface area contributed by atoms with E-state index >= 15 is 0 Å². The largest absolute Gasteiger partial charge is 0.456 e. The zero-order valence-corrected chi connectivity index (χ0v) is 17.0. The standard InChI is InChI=1S/C23H27NO5/c1-23(2,3)29-22(27)24-20(17-11-6-4-7-12-17)19(15-10-16-25)28-21(26)18-13-8-5-9-14-18/h4-9,11-14,16,19-20H,10,15H2,1-3H3,(H,24,27)/t19-,20-/m0/s1. The van der Waals surface area contributed by atoms with E-state index in [0.29, 0.717) is 5.56 Å². The van der Waals surface area contributed by atoms with Crippen molar-refractivity contribution in [3.05, 3.63) is 71.8 Å². The maximum atomic E-state index is 12.6. The van der Waals surface area contributed by atoms with Gasteiger partial charge in [-0.05, 0) is 44.9 Å².